The molecule has 0 aromatic rings. The van der Waals surface area contributed by atoms with Gasteiger partial charge in [0.15, 0.2) is 6.10 Å². The van der Waals surface area contributed by atoms with Crippen molar-refractivity contribution in [1.29, 1.82) is 0 Å². The molecule has 1 amide bonds. The van der Waals surface area contributed by atoms with Crippen LogP contribution in [0.15, 0.2) is 0 Å². The lowest BCUT2D eigenvalue weighted by Crippen LogP contribution is -2.68. The van der Waals surface area contributed by atoms with Crippen molar-refractivity contribution in [1.82, 2.24) is 9.80 Å². The number of fused-ring (bicyclic) bond motifs is 6. The molecule has 4 heterocycles. The summed E-state index contributed by atoms with van der Waals surface area (Å²) in [5.74, 6) is 0.473. The van der Waals surface area contributed by atoms with E-state index in [1.165, 1.54) is 0 Å². The minimum absolute atomic E-state index is 0.0694. The molecule has 0 aromatic carbocycles. The van der Waals surface area contributed by atoms with Crippen LogP contribution in [0.3, 0.4) is 0 Å². The summed E-state index contributed by atoms with van der Waals surface area (Å²) in [4.78, 5) is 16.6. The Morgan fingerprint density at radius 1 is 0.952 bits per heavy atom. The molecule has 0 aliphatic carbocycles. The number of rotatable bonds is 0. The van der Waals surface area contributed by atoms with Crippen molar-refractivity contribution in [3.05, 3.63) is 0 Å². The minimum atomic E-state index is -1.26. The molecule has 3 N–H and O–H groups in total. The van der Waals surface area contributed by atoms with E-state index in [4.69, 9.17) is 0 Å². The van der Waals surface area contributed by atoms with Gasteiger partial charge in [0.25, 0.3) is 5.91 Å². The van der Waals surface area contributed by atoms with E-state index in [1.807, 2.05) is 4.90 Å². The zero-order valence-corrected chi connectivity index (χ0v) is 12.1. The van der Waals surface area contributed by atoms with Gasteiger partial charge in [-0.05, 0) is 37.5 Å². The molecule has 4 saturated heterocycles. The second-order valence-corrected chi connectivity index (χ2v) is 7.30. The standard InChI is InChI=1S/C15H24N2O4/c18-10-1-2-16-6-8-3-9(11(16)4-10)7-17-12(8)5-13(19)14(20)15(17)21/h8-14,18-20H,1-7H2. The summed E-state index contributed by atoms with van der Waals surface area (Å²) in [6.07, 6.45) is 0.811. The highest BCUT2D eigenvalue weighted by Crippen LogP contribution is 2.43. The van der Waals surface area contributed by atoms with E-state index in [0.717, 1.165) is 32.4 Å². The zero-order valence-electron chi connectivity index (χ0n) is 12.1. The van der Waals surface area contributed by atoms with Crippen LogP contribution in [0.5, 0.6) is 0 Å². The maximum absolute atomic E-state index is 12.3. The minimum Gasteiger partial charge on any atom is -0.393 e. The molecule has 4 rings (SSSR count). The first-order valence-corrected chi connectivity index (χ1v) is 8.13. The fraction of sp³-hybridized carbons (Fsp3) is 0.933. The van der Waals surface area contributed by atoms with Gasteiger partial charge in [-0.1, -0.05) is 0 Å². The van der Waals surface area contributed by atoms with E-state index < -0.39 is 12.2 Å². The third-order valence-electron chi connectivity index (χ3n) is 6.11. The number of aliphatic hydroxyl groups is 3. The van der Waals surface area contributed by atoms with Crippen LogP contribution in [0.1, 0.15) is 25.7 Å². The Morgan fingerprint density at radius 3 is 2.52 bits per heavy atom. The molecule has 7 atom stereocenters. The van der Waals surface area contributed by atoms with Gasteiger partial charge in [0.05, 0.1) is 12.2 Å². The number of amides is 1. The topological polar surface area (TPSA) is 84.2 Å². The summed E-state index contributed by atoms with van der Waals surface area (Å²) in [6, 6.07) is 0.433. The van der Waals surface area contributed by atoms with Gasteiger partial charge in [0.2, 0.25) is 0 Å². The van der Waals surface area contributed by atoms with Gasteiger partial charge in [-0.3, -0.25) is 9.69 Å². The van der Waals surface area contributed by atoms with Crippen LogP contribution in [0.25, 0.3) is 0 Å². The Morgan fingerprint density at radius 2 is 1.71 bits per heavy atom. The molecule has 21 heavy (non-hydrogen) atoms. The lowest BCUT2D eigenvalue weighted by Gasteiger charge is -2.58. The van der Waals surface area contributed by atoms with E-state index in [0.29, 0.717) is 30.8 Å². The van der Waals surface area contributed by atoms with E-state index in [-0.39, 0.29) is 18.1 Å². The molecular weight excluding hydrogens is 272 g/mol. The SMILES string of the molecule is O=C1C(O)C(O)CC2C3CC(CN12)C1CC(O)CCN1C3. The monoisotopic (exact) mass is 296 g/mol. The molecule has 0 spiro atoms. The first-order chi connectivity index (χ1) is 10.0. The van der Waals surface area contributed by atoms with Crippen molar-refractivity contribution in [2.45, 2.75) is 56.1 Å². The molecule has 0 aromatic heterocycles. The summed E-state index contributed by atoms with van der Waals surface area (Å²) in [7, 11) is 0. The van der Waals surface area contributed by atoms with E-state index >= 15 is 0 Å². The predicted octanol–water partition coefficient (Wildman–Crippen LogP) is -1.22. The third-order valence-corrected chi connectivity index (χ3v) is 6.11. The van der Waals surface area contributed by atoms with Gasteiger partial charge in [-0.2, -0.15) is 0 Å². The van der Waals surface area contributed by atoms with Gasteiger partial charge >= 0.3 is 0 Å². The van der Waals surface area contributed by atoms with Crippen molar-refractivity contribution in [3.8, 4) is 0 Å². The van der Waals surface area contributed by atoms with Crippen molar-refractivity contribution in [2.75, 3.05) is 19.6 Å². The van der Waals surface area contributed by atoms with Gasteiger partial charge in [-0.25, -0.2) is 0 Å². The summed E-state index contributed by atoms with van der Waals surface area (Å²) in [5.41, 5.74) is 0. The number of nitrogens with zero attached hydrogens (tertiary/aromatic N) is 2. The predicted molar refractivity (Wildman–Crippen MR) is 74.3 cm³/mol. The van der Waals surface area contributed by atoms with Gasteiger partial charge in [-0.15, -0.1) is 0 Å². The Labute approximate surface area is 124 Å². The van der Waals surface area contributed by atoms with Crippen molar-refractivity contribution in [2.24, 2.45) is 11.8 Å². The maximum Gasteiger partial charge on any atom is 0.254 e. The number of carbonyl (C=O) groups is 1. The van der Waals surface area contributed by atoms with Crippen LogP contribution in [0.2, 0.25) is 0 Å². The smallest absolute Gasteiger partial charge is 0.254 e. The lowest BCUT2D eigenvalue weighted by atomic mass is 9.70. The van der Waals surface area contributed by atoms with E-state index in [9.17, 15) is 20.1 Å². The van der Waals surface area contributed by atoms with Crippen molar-refractivity contribution >= 4 is 5.91 Å². The number of piperidine rings is 4. The quantitative estimate of drug-likeness (QED) is 0.522. The van der Waals surface area contributed by atoms with Crippen LogP contribution >= 0.6 is 0 Å². The fourth-order valence-electron chi connectivity index (χ4n) is 5.07. The van der Waals surface area contributed by atoms with Crippen LogP contribution < -0.4 is 0 Å². The molecule has 7 unspecified atom stereocenters. The molecular formula is C15H24N2O4. The van der Waals surface area contributed by atoms with Crippen LogP contribution in [-0.2, 0) is 4.79 Å². The normalized spacial score (nSPS) is 50.5. The van der Waals surface area contributed by atoms with Gasteiger partial charge in [0, 0.05) is 31.7 Å². The second-order valence-electron chi connectivity index (χ2n) is 7.30. The number of hydrogen-bond acceptors (Lipinski definition) is 5. The Kier molecular flexibility index (Phi) is 3.26. The first-order valence-electron chi connectivity index (χ1n) is 8.13. The highest BCUT2D eigenvalue weighted by Gasteiger charge is 2.52. The fourth-order valence-corrected chi connectivity index (χ4v) is 5.07. The number of carbonyl (C=O) groups excluding carboxylic acids is 1. The largest absolute Gasteiger partial charge is 0.393 e. The summed E-state index contributed by atoms with van der Waals surface area (Å²) >= 11 is 0. The summed E-state index contributed by atoms with van der Waals surface area (Å²) in [5, 5.41) is 29.7. The molecule has 0 radical (unpaired) electrons. The van der Waals surface area contributed by atoms with E-state index in [1.54, 1.807) is 0 Å². The van der Waals surface area contributed by atoms with Gasteiger partial charge < -0.3 is 20.2 Å². The van der Waals surface area contributed by atoms with Crippen molar-refractivity contribution < 1.29 is 20.1 Å². The molecule has 4 fully saturated rings. The Bertz CT molecular complexity index is 445. The molecule has 118 valence electrons. The summed E-state index contributed by atoms with van der Waals surface area (Å²) < 4.78 is 0. The second kappa shape index (κ2) is 4.91. The average Bonchev–Trinajstić information content (AvgIpc) is 2.47. The Balaban J connectivity index is 1.58. The van der Waals surface area contributed by atoms with Gasteiger partial charge in [0.1, 0.15) is 0 Å². The lowest BCUT2D eigenvalue weighted by molar-refractivity contribution is -0.173. The molecule has 6 heteroatoms. The summed E-state index contributed by atoms with van der Waals surface area (Å²) in [6.45, 7) is 2.55. The van der Waals surface area contributed by atoms with Crippen LogP contribution in [0, 0.1) is 11.8 Å². The van der Waals surface area contributed by atoms with E-state index in [2.05, 4.69) is 4.90 Å². The molecule has 2 bridgehead atoms. The highest BCUT2D eigenvalue weighted by atomic mass is 16.3. The molecule has 0 saturated carbocycles. The molecule has 4 aliphatic rings. The van der Waals surface area contributed by atoms with Crippen LogP contribution in [-0.4, -0.2) is 81.1 Å². The number of aliphatic hydroxyl groups excluding tert-OH is 3. The third kappa shape index (κ3) is 2.11. The Hall–Kier alpha value is -0.690. The van der Waals surface area contributed by atoms with Crippen LogP contribution in [0.4, 0.5) is 0 Å². The zero-order chi connectivity index (χ0) is 14.7. The van der Waals surface area contributed by atoms with Crippen molar-refractivity contribution in [3.63, 3.8) is 0 Å². The molecule has 4 aliphatic heterocycles. The maximum atomic E-state index is 12.3. The first kappa shape index (κ1) is 13.9. The number of hydrogen-bond donors (Lipinski definition) is 3. The highest BCUT2D eigenvalue weighted by molar-refractivity contribution is 5.82. The average molecular weight is 296 g/mol. The molecule has 6 nitrogen and oxygen atoms in total.